The molecule has 0 aliphatic carbocycles. The number of benzene rings is 2. The van der Waals surface area contributed by atoms with Gasteiger partial charge in [0.1, 0.15) is 12.0 Å². The predicted octanol–water partition coefficient (Wildman–Crippen LogP) is 4.39. The van der Waals surface area contributed by atoms with E-state index in [-0.39, 0.29) is 11.9 Å². The minimum Gasteiger partial charge on any atom is -0.492 e. The molecular formula is C26H28N2O4. The number of hydrogen-bond donors (Lipinski definition) is 1. The van der Waals surface area contributed by atoms with Crippen molar-refractivity contribution in [2.75, 3.05) is 19.8 Å². The molecule has 0 bridgehead atoms. The number of nitrogens with zero attached hydrogens (tertiary/aromatic N) is 1. The zero-order valence-corrected chi connectivity index (χ0v) is 18.6. The fourth-order valence-corrected chi connectivity index (χ4v) is 4.52. The Bertz CT molecular complexity index is 1130. The van der Waals surface area contributed by atoms with Gasteiger partial charge in [-0.1, -0.05) is 12.1 Å². The van der Waals surface area contributed by atoms with Crippen LogP contribution in [0.5, 0.6) is 5.75 Å². The third kappa shape index (κ3) is 4.15. The highest BCUT2D eigenvalue weighted by Crippen LogP contribution is 2.35. The maximum atomic E-state index is 13.1. The van der Waals surface area contributed by atoms with Crippen LogP contribution >= 0.6 is 0 Å². The van der Waals surface area contributed by atoms with Crippen LogP contribution in [0.1, 0.15) is 51.1 Å². The third-order valence-electron chi connectivity index (χ3n) is 6.39. The molecule has 0 atom stereocenters. The summed E-state index contributed by atoms with van der Waals surface area (Å²) in [5.41, 5.74) is 7.18. The summed E-state index contributed by atoms with van der Waals surface area (Å²) in [5.74, 6) is 1.34. The van der Waals surface area contributed by atoms with E-state index in [1.54, 1.807) is 6.26 Å². The molecule has 6 nitrogen and oxygen atoms in total. The molecule has 2 aliphatic heterocycles. The number of oxazole rings is 1. The van der Waals surface area contributed by atoms with Gasteiger partial charge < -0.3 is 19.2 Å². The van der Waals surface area contributed by atoms with Crippen LogP contribution in [0, 0.1) is 13.8 Å². The Morgan fingerprint density at radius 2 is 1.91 bits per heavy atom. The molecule has 1 aromatic heterocycles. The number of aryl methyl sites for hydroxylation is 1. The quantitative estimate of drug-likeness (QED) is 0.647. The van der Waals surface area contributed by atoms with E-state index in [4.69, 9.17) is 13.9 Å². The summed E-state index contributed by atoms with van der Waals surface area (Å²) < 4.78 is 16.8. The van der Waals surface area contributed by atoms with Crippen LogP contribution in [0.3, 0.4) is 0 Å². The first kappa shape index (κ1) is 20.8. The average molecular weight is 433 g/mol. The van der Waals surface area contributed by atoms with Crippen molar-refractivity contribution in [1.82, 2.24) is 10.3 Å². The summed E-state index contributed by atoms with van der Waals surface area (Å²) in [6.07, 6.45) is 4.95. The first-order valence-corrected chi connectivity index (χ1v) is 11.3. The lowest BCUT2D eigenvalue weighted by molar-refractivity contribution is 0.0695. The van der Waals surface area contributed by atoms with Gasteiger partial charge in [0.2, 0.25) is 5.89 Å². The molecule has 1 amide bonds. The number of fused-ring (bicyclic) bond motifs is 1. The van der Waals surface area contributed by atoms with Gasteiger partial charge >= 0.3 is 0 Å². The van der Waals surface area contributed by atoms with Gasteiger partial charge in [-0.05, 0) is 68.0 Å². The summed E-state index contributed by atoms with van der Waals surface area (Å²) in [5, 5.41) is 3.19. The molecule has 6 heteroatoms. The fraction of sp³-hybridized carbons (Fsp3) is 0.385. The molecule has 3 aromatic rings. The second-order valence-corrected chi connectivity index (χ2v) is 8.64. The Morgan fingerprint density at radius 3 is 2.62 bits per heavy atom. The van der Waals surface area contributed by atoms with Gasteiger partial charge in [-0.15, -0.1) is 0 Å². The van der Waals surface area contributed by atoms with E-state index in [0.717, 1.165) is 53.8 Å². The molecule has 5 rings (SSSR count). The largest absolute Gasteiger partial charge is 0.492 e. The lowest BCUT2D eigenvalue weighted by atomic mass is 9.92. The molecule has 0 radical (unpaired) electrons. The lowest BCUT2D eigenvalue weighted by Gasteiger charge is -2.24. The van der Waals surface area contributed by atoms with Gasteiger partial charge in [0.25, 0.3) is 5.91 Å². The molecule has 32 heavy (non-hydrogen) atoms. The van der Waals surface area contributed by atoms with Crippen molar-refractivity contribution in [3.05, 3.63) is 70.1 Å². The van der Waals surface area contributed by atoms with Crippen LogP contribution in [0.4, 0.5) is 0 Å². The summed E-state index contributed by atoms with van der Waals surface area (Å²) in [6.45, 7) is 6.06. The SMILES string of the molecule is Cc1coc(-c2ccc(Cc3cc(C(=O)NC4CCOCC4)c4c(c3C)CCO4)cc2)n1. The molecule has 0 spiro atoms. The van der Waals surface area contributed by atoms with E-state index in [2.05, 4.69) is 29.4 Å². The summed E-state index contributed by atoms with van der Waals surface area (Å²) in [6, 6.07) is 10.4. The van der Waals surface area contributed by atoms with Gasteiger partial charge in [0.15, 0.2) is 0 Å². The van der Waals surface area contributed by atoms with E-state index >= 15 is 0 Å². The van der Waals surface area contributed by atoms with E-state index < -0.39 is 0 Å². The molecular weight excluding hydrogens is 404 g/mol. The highest BCUT2D eigenvalue weighted by molar-refractivity contribution is 5.98. The maximum absolute atomic E-state index is 13.1. The molecule has 2 aromatic carbocycles. The second kappa shape index (κ2) is 8.79. The lowest BCUT2D eigenvalue weighted by Crippen LogP contribution is -2.39. The number of aromatic nitrogens is 1. The third-order valence-corrected chi connectivity index (χ3v) is 6.39. The van der Waals surface area contributed by atoms with E-state index in [1.165, 1.54) is 11.1 Å². The van der Waals surface area contributed by atoms with Crippen molar-refractivity contribution < 1.29 is 18.7 Å². The molecule has 166 valence electrons. The Balaban J connectivity index is 1.40. The minimum absolute atomic E-state index is 0.0501. The van der Waals surface area contributed by atoms with Crippen molar-refractivity contribution in [1.29, 1.82) is 0 Å². The molecule has 1 saturated heterocycles. The summed E-state index contributed by atoms with van der Waals surface area (Å²) >= 11 is 0. The first-order chi connectivity index (χ1) is 15.6. The van der Waals surface area contributed by atoms with Gasteiger partial charge in [0.05, 0.1) is 17.9 Å². The van der Waals surface area contributed by atoms with Gasteiger partial charge in [0, 0.05) is 36.8 Å². The van der Waals surface area contributed by atoms with Crippen molar-refractivity contribution in [3.8, 4) is 17.2 Å². The zero-order valence-electron chi connectivity index (χ0n) is 18.6. The van der Waals surface area contributed by atoms with E-state index in [1.807, 2.05) is 25.1 Å². The average Bonchev–Trinajstić information content (AvgIpc) is 3.46. The van der Waals surface area contributed by atoms with Crippen molar-refractivity contribution in [3.63, 3.8) is 0 Å². The van der Waals surface area contributed by atoms with Crippen LogP contribution in [-0.4, -0.2) is 36.8 Å². The fourth-order valence-electron chi connectivity index (χ4n) is 4.52. The number of ether oxygens (including phenoxy) is 2. The Kier molecular flexibility index (Phi) is 5.70. The number of hydrogen-bond acceptors (Lipinski definition) is 5. The van der Waals surface area contributed by atoms with Gasteiger partial charge in [-0.2, -0.15) is 0 Å². The van der Waals surface area contributed by atoms with E-state index in [9.17, 15) is 4.79 Å². The van der Waals surface area contributed by atoms with E-state index in [0.29, 0.717) is 31.3 Å². The summed E-state index contributed by atoms with van der Waals surface area (Å²) in [4.78, 5) is 17.5. The Morgan fingerprint density at radius 1 is 1.12 bits per heavy atom. The summed E-state index contributed by atoms with van der Waals surface area (Å²) in [7, 11) is 0. The van der Waals surface area contributed by atoms with Crippen LogP contribution in [0.2, 0.25) is 0 Å². The number of nitrogens with one attached hydrogen (secondary N) is 1. The standard InChI is InChI=1S/C26H28N2O4/c1-16-15-32-26(27-16)19-5-3-18(4-6-19)13-20-14-23(24-22(17(20)2)9-12-31-24)25(29)28-21-7-10-30-11-8-21/h3-6,14-15,21H,7-13H2,1-2H3,(H,28,29). The van der Waals surface area contributed by atoms with Gasteiger partial charge in [-0.3, -0.25) is 4.79 Å². The smallest absolute Gasteiger partial charge is 0.255 e. The molecule has 0 unspecified atom stereocenters. The molecule has 3 heterocycles. The molecule has 0 saturated carbocycles. The predicted molar refractivity (Wildman–Crippen MR) is 121 cm³/mol. The Labute approximate surface area is 188 Å². The van der Waals surface area contributed by atoms with Crippen molar-refractivity contribution in [2.45, 2.75) is 45.6 Å². The number of carbonyl (C=O) groups excluding carboxylic acids is 1. The van der Waals surface area contributed by atoms with Gasteiger partial charge in [-0.25, -0.2) is 4.98 Å². The highest BCUT2D eigenvalue weighted by atomic mass is 16.5. The maximum Gasteiger partial charge on any atom is 0.255 e. The normalized spacial score (nSPS) is 15.9. The number of rotatable bonds is 5. The monoisotopic (exact) mass is 432 g/mol. The molecule has 1 N–H and O–H groups in total. The second-order valence-electron chi connectivity index (χ2n) is 8.64. The Hall–Kier alpha value is -3.12. The first-order valence-electron chi connectivity index (χ1n) is 11.3. The number of amides is 1. The highest BCUT2D eigenvalue weighted by Gasteiger charge is 2.26. The molecule has 1 fully saturated rings. The van der Waals surface area contributed by atoms with Crippen LogP contribution in [-0.2, 0) is 17.6 Å². The zero-order chi connectivity index (χ0) is 22.1. The van der Waals surface area contributed by atoms with Crippen LogP contribution < -0.4 is 10.1 Å². The topological polar surface area (TPSA) is 73.6 Å². The van der Waals surface area contributed by atoms with Crippen LogP contribution in [0.25, 0.3) is 11.5 Å². The van der Waals surface area contributed by atoms with Crippen LogP contribution in [0.15, 0.2) is 41.0 Å². The van der Waals surface area contributed by atoms with Crippen molar-refractivity contribution >= 4 is 5.91 Å². The minimum atomic E-state index is -0.0501. The van der Waals surface area contributed by atoms with Crippen molar-refractivity contribution in [2.24, 2.45) is 0 Å². The number of carbonyl (C=O) groups is 1. The molecule has 2 aliphatic rings.